The van der Waals surface area contributed by atoms with Crippen LogP contribution in [0.15, 0.2) is 46.4 Å². The predicted octanol–water partition coefficient (Wildman–Crippen LogP) is 1.83. The van der Waals surface area contributed by atoms with E-state index < -0.39 is 12.3 Å². The molecule has 3 aliphatic rings. The Kier molecular flexibility index (Phi) is 6.30. The molecule has 0 radical (unpaired) electrons. The number of ether oxygens (including phenoxy) is 2. The molecule has 0 spiro atoms. The number of carbonyl (C=O) groups is 1. The van der Waals surface area contributed by atoms with Crippen LogP contribution in [0.2, 0.25) is 0 Å². The van der Waals surface area contributed by atoms with Gasteiger partial charge in [0.15, 0.2) is 17.3 Å². The number of rotatable bonds is 5. The molecular weight excluding hydrogens is 446 g/mol. The number of hydrogen-bond acceptors (Lipinski definition) is 6. The van der Waals surface area contributed by atoms with Gasteiger partial charge in [-0.15, -0.1) is 8.78 Å². The fraction of sp³-hybridized carbons (Fsp3) is 0.435. The molecule has 0 aromatic heterocycles. The number of hydrogen-bond donors (Lipinski definition) is 3. The molecular formula is C23H28F2N6O3. The minimum absolute atomic E-state index is 0.0355. The van der Waals surface area contributed by atoms with E-state index in [4.69, 9.17) is 22.2 Å². The molecule has 0 bridgehead atoms. The number of halogens is 2. The second kappa shape index (κ2) is 9.05. The van der Waals surface area contributed by atoms with Crippen molar-refractivity contribution in [2.75, 3.05) is 13.1 Å². The summed E-state index contributed by atoms with van der Waals surface area (Å²) in [5.74, 6) is 0.714. The topological polar surface area (TPSA) is 142 Å². The average Bonchev–Trinajstić information content (AvgIpc) is 3.41. The molecule has 34 heavy (non-hydrogen) atoms. The van der Waals surface area contributed by atoms with E-state index in [0.717, 1.165) is 19.2 Å². The fourth-order valence-corrected chi connectivity index (χ4v) is 4.94. The molecule has 1 saturated heterocycles. The number of likely N-dealkylation sites (tertiary alicyclic amines) is 1. The standard InChI is InChI=1S/C23H28F2N6O3/c1-3-19(32)31-9-14-6-16(7-15(14)10-31)30-22(29-11-26)20(12(2)27)21(28)13-4-5-17-18(8-13)34-23(24,25)33-17/h3-5,8,11-12,14-16H,1,6-7,9-10,27-28H2,2H3,(H2,26,29,30). The highest BCUT2D eigenvalue weighted by molar-refractivity contribution is 6.08. The minimum atomic E-state index is -3.73. The van der Waals surface area contributed by atoms with Crippen LogP contribution < -0.4 is 26.7 Å². The van der Waals surface area contributed by atoms with Gasteiger partial charge in [0.05, 0.1) is 12.4 Å². The molecule has 1 saturated carbocycles. The van der Waals surface area contributed by atoms with Gasteiger partial charge in [-0.3, -0.25) is 9.79 Å². The van der Waals surface area contributed by atoms with Crippen molar-refractivity contribution < 1.29 is 23.0 Å². The second-order valence-corrected chi connectivity index (χ2v) is 8.77. The van der Waals surface area contributed by atoms with Gasteiger partial charge in [-0.1, -0.05) is 6.58 Å². The number of alkyl halides is 2. The van der Waals surface area contributed by atoms with E-state index in [2.05, 4.69) is 21.0 Å². The van der Waals surface area contributed by atoms with Crippen LogP contribution in [-0.4, -0.2) is 54.4 Å². The highest BCUT2D eigenvalue weighted by Crippen LogP contribution is 2.42. The zero-order valence-corrected chi connectivity index (χ0v) is 18.8. The summed E-state index contributed by atoms with van der Waals surface area (Å²) in [6.07, 6.45) is 0.312. The number of amidine groups is 1. The number of amides is 1. The third kappa shape index (κ3) is 4.60. The number of nitrogens with zero attached hydrogens (tertiary/aromatic N) is 3. The molecule has 2 aliphatic heterocycles. The van der Waals surface area contributed by atoms with Gasteiger partial charge in [-0.2, -0.15) is 0 Å². The predicted molar refractivity (Wildman–Crippen MR) is 124 cm³/mol. The van der Waals surface area contributed by atoms with Crippen molar-refractivity contribution in [2.45, 2.75) is 38.1 Å². The lowest BCUT2D eigenvalue weighted by molar-refractivity contribution is -0.286. The molecule has 3 unspecified atom stereocenters. The Hall–Kier alpha value is -3.47. The van der Waals surface area contributed by atoms with E-state index >= 15 is 0 Å². The Morgan fingerprint density at radius 2 is 1.91 bits per heavy atom. The molecule has 2 heterocycles. The van der Waals surface area contributed by atoms with Crippen molar-refractivity contribution >= 4 is 23.8 Å². The Bertz CT molecular complexity index is 1070. The molecule has 11 heteroatoms. The van der Waals surface area contributed by atoms with Gasteiger partial charge in [0.2, 0.25) is 5.91 Å². The van der Waals surface area contributed by atoms with Crippen LogP contribution in [0, 0.1) is 11.8 Å². The van der Waals surface area contributed by atoms with Crippen molar-refractivity contribution in [2.24, 2.45) is 39.0 Å². The molecule has 1 aromatic carbocycles. The zero-order valence-electron chi connectivity index (χ0n) is 18.8. The summed E-state index contributed by atoms with van der Waals surface area (Å²) >= 11 is 0. The lowest BCUT2D eigenvalue weighted by Crippen LogP contribution is -2.29. The van der Waals surface area contributed by atoms with E-state index in [9.17, 15) is 13.6 Å². The third-order valence-corrected chi connectivity index (χ3v) is 6.41. The normalized spacial score (nSPS) is 27.0. The van der Waals surface area contributed by atoms with E-state index in [-0.39, 0.29) is 29.1 Å². The van der Waals surface area contributed by atoms with Crippen LogP contribution in [0.25, 0.3) is 5.70 Å². The van der Waals surface area contributed by atoms with E-state index in [1.807, 2.05) is 4.90 Å². The van der Waals surface area contributed by atoms with Crippen molar-refractivity contribution in [3.8, 4) is 11.5 Å². The first-order valence-electron chi connectivity index (χ1n) is 11.0. The summed E-state index contributed by atoms with van der Waals surface area (Å²) in [7, 11) is 0. The summed E-state index contributed by atoms with van der Waals surface area (Å²) in [4.78, 5) is 22.8. The van der Waals surface area contributed by atoms with Gasteiger partial charge in [0, 0.05) is 36.0 Å². The van der Waals surface area contributed by atoms with Crippen LogP contribution in [0.1, 0.15) is 25.3 Å². The molecule has 1 amide bonds. The first-order chi connectivity index (χ1) is 16.1. The van der Waals surface area contributed by atoms with E-state index in [0.29, 0.717) is 41.9 Å². The van der Waals surface area contributed by atoms with Crippen LogP contribution in [0.5, 0.6) is 11.5 Å². The summed E-state index contributed by atoms with van der Waals surface area (Å²) in [6.45, 7) is 6.64. The fourth-order valence-electron chi connectivity index (χ4n) is 4.94. The molecule has 2 fully saturated rings. The number of benzene rings is 1. The van der Waals surface area contributed by atoms with Crippen LogP contribution in [0.3, 0.4) is 0 Å². The Morgan fingerprint density at radius 3 is 2.50 bits per heavy atom. The summed E-state index contributed by atoms with van der Waals surface area (Å²) in [5, 5.41) is 0. The highest BCUT2D eigenvalue weighted by Gasteiger charge is 2.44. The van der Waals surface area contributed by atoms with Crippen molar-refractivity contribution in [3.05, 3.63) is 42.0 Å². The van der Waals surface area contributed by atoms with E-state index in [1.165, 1.54) is 24.3 Å². The quantitative estimate of drug-likeness (QED) is 0.338. The van der Waals surface area contributed by atoms with Crippen molar-refractivity contribution in [1.82, 2.24) is 4.90 Å². The summed E-state index contributed by atoms with van der Waals surface area (Å²) in [5.41, 5.74) is 19.3. The molecule has 1 aliphatic carbocycles. The first-order valence-corrected chi connectivity index (χ1v) is 11.0. The highest BCUT2D eigenvalue weighted by atomic mass is 19.3. The monoisotopic (exact) mass is 474 g/mol. The maximum Gasteiger partial charge on any atom is 0.586 e. The SMILES string of the molecule is C=CC(=O)N1CC2CC(N=C(N=CN)C(=C(N)c3ccc4c(c3)OC(F)(F)O4)C(C)N)CC2C1. The van der Waals surface area contributed by atoms with Crippen molar-refractivity contribution in [1.29, 1.82) is 0 Å². The summed E-state index contributed by atoms with van der Waals surface area (Å²) < 4.78 is 35.8. The van der Waals surface area contributed by atoms with Gasteiger partial charge < -0.3 is 31.6 Å². The Labute approximate surface area is 196 Å². The van der Waals surface area contributed by atoms with Gasteiger partial charge >= 0.3 is 6.29 Å². The van der Waals surface area contributed by atoms with Crippen LogP contribution in [0.4, 0.5) is 8.78 Å². The average molecular weight is 475 g/mol. The van der Waals surface area contributed by atoms with E-state index in [1.54, 1.807) is 6.92 Å². The molecule has 4 rings (SSSR count). The van der Waals surface area contributed by atoms with Gasteiger partial charge in [-0.25, -0.2) is 4.99 Å². The van der Waals surface area contributed by atoms with Crippen molar-refractivity contribution in [3.63, 3.8) is 0 Å². The molecule has 182 valence electrons. The molecule has 1 aromatic rings. The summed E-state index contributed by atoms with van der Waals surface area (Å²) in [6, 6.07) is 3.65. The molecule has 3 atom stereocenters. The largest absolute Gasteiger partial charge is 0.586 e. The third-order valence-electron chi connectivity index (χ3n) is 6.41. The molecule has 6 N–H and O–H groups in total. The Morgan fingerprint density at radius 1 is 1.26 bits per heavy atom. The zero-order chi connectivity index (χ0) is 24.6. The smallest absolute Gasteiger partial charge is 0.398 e. The number of fused-ring (bicyclic) bond motifs is 2. The van der Waals surface area contributed by atoms with Gasteiger partial charge in [0.1, 0.15) is 0 Å². The lowest BCUT2D eigenvalue weighted by Gasteiger charge is -2.19. The maximum atomic E-state index is 13.4. The van der Waals surface area contributed by atoms with Crippen LogP contribution >= 0.6 is 0 Å². The molecule has 9 nitrogen and oxygen atoms in total. The van der Waals surface area contributed by atoms with Gasteiger partial charge in [-0.05, 0) is 55.9 Å². The number of aliphatic imine (C=N–C) groups is 2. The maximum absolute atomic E-state index is 13.4. The number of nitrogens with two attached hydrogens (primary N) is 3. The minimum Gasteiger partial charge on any atom is -0.398 e. The Balaban J connectivity index is 1.61. The van der Waals surface area contributed by atoms with Gasteiger partial charge in [0.25, 0.3) is 0 Å². The van der Waals surface area contributed by atoms with Crippen LogP contribution in [-0.2, 0) is 4.79 Å². The second-order valence-electron chi connectivity index (χ2n) is 8.77. The number of carbonyl (C=O) groups excluding carboxylic acids is 1. The first kappa shape index (κ1) is 23.7. The lowest BCUT2D eigenvalue weighted by atomic mass is 10.00.